The SMILES string of the molecule is O=C(OCc1nc(-c2ccccc2)no1)c1cc(S(=O)(=O)N2CCOCC2)ccc1F. The summed E-state index contributed by atoms with van der Waals surface area (Å²) in [6, 6.07) is 12.0. The van der Waals surface area contributed by atoms with E-state index in [0.29, 0.717) is 5.82 Å². The standard InChI is InChI=1S/C20H18FN3O6S/c21-17-7-6-15(31(26,27)24-8-10-28-11-9-24)12-16(17)20(25)29-13-18-22-19(23-30-18)14-4-2-1-3-5-14/h1-7,12H,8-11,13H2. The summed E-state index contributed by atoms with van der Waals surface area (Å²) in [7, 11) is -3.89. The van der Waals surface area contributed by atoms with Crippen LogP contribution in [0, 0.1) is 5.82 Å². The van der Waals surface area contributed by atoms with Gasteiger partial charge in [-0.2, -0.15) is 9.29 Å². The Balaban J connectivity index is 1.47. The Labute approximate surface area is 177 Å². The molecule has 0 N–H and O–H groups in total. The van der Waals surface area contributed by atoms with Crippen LogP contribution in [-0.2, 0) is 26.1 Å². The number of aromatic nitrogens is 2. The van der Waals surface area contributed by atoms with Gasteiger partial charge in [0.2, 0.25) is 15.8 Å². The molecule has 1 fully saturated rings. The third-order valence-corrected chi connectivity index (χ3v) is 6.49. The fraction of sp³-hybridized carbons (Fsp3) is 0.250. The molecule has 2 heterocycles. The van der Waals surface area contributed by atoms with Crippen molar-refractivity contribution in [2.24, 2.45) is 0 Å². The Hall–Kier alpha value is -3.15. The lowest BCUT2D eigenvalue weighted by Crippen LogP contribution is -2.40. The molecule has 0 atom stereocenters. The van der Waals surface area contributed by atoms with Gasteiger partial charge in [-0.05, 0) is 18.2 Å². The summed E-state index contributed by atoms with van der Waals surface area (Å²) < 4.78 is 56.2. The zero-order valence-corrected chi connectivity index (χ0v) is 17.0. The molecule has 11 heteroatoms. The quantitative estimate of drug-likeness (QED) is 0.529. The van der Waals surface area contributed by atoms with Crippen LogP contribution in [0.4, 0.5) is 4.39 Å². The van der Waals surface area contributed by atoms with Gasteiger partial charge in [0.1, 0.15) is 5.82 Å². The second-order valence-electron chi connectivity index (χ2n) is 6.61. The summed E-state index contributed by atoms with van der Waals surface area (Å²) in [6.07, 6.45) is 0. The van der Waals surface area contributed by atoms with Crippen molar-refractivity contribution in [3.8, 4) is 11.4 Å². The summed E-state index contributed by atoms with van der Waals surface area (Å²) in [5.74, 6) is -1.61. The summed E-state index contributed by atoms with van der Waals surface area (Å²) in [5.41, 5.74) is 0.216. The fourth-order valence-corrected chi connectivity index (χ4v) is 4.42. The number of rotatable bonds is 6. The third kappa shape index (κ3) is 4.63. The molecule has 1 aliphatic heterocycles. The zero-order chi connectivity index (χ0) is 21.8. The molecule has 9 nitrogen and oxygen atoms in total. The van der Waals surface area contributed by atoms with E-state index in [9.17, 15) is 17.6 Å². The lowest BCUT2D eigenvalue weighted by atomic mass is 10.2. The van der Waals surface area contributed by atoms with Crippen LogP contribution in [0.1, 0.15) is 16.2 Å². The predicted octanol–water partition coefficient (Wildman–Crippen LogP) is 2.25. The molecule has 162 valence electrons. The van der Waals surface area contributed by atoms with Crippen molar-refractivity contribution < 1.29 is 31.6 Å². The molecule has 3 aromatic rings. The molecule has 2 aromatic carbocycles. The summed E-state index contributed by atoms with van der Waals surface area (Å²) in [5, 5.41) is 3.81. The first kappa shape index (κ1) is 21.1. The molecule has 1 aromatic heterocycles. The van der Waals surface area contributed by atoms with Crippen LogP contribution in [-0.4, -0.2) is 55.1 Å². The van der Waals surface area contributed by atoms with Crippen molar-refractivity contribution in [1.82, 2.24) is 14.4 Å². The van der Waals surface area contributed by atoms with Crippen molar-refractivity contribution >= 4 is 16.0 Å². The number of esters is 1. The minimum Gasteiger partial charge on any atom is -0.452 e. The van der Waals surface area contributed by atoms with Crippen LogP contribution < -0.4 is 0 Å². The monoisotopic (exact) mass is 447 g/mol. The average molecular weight is 447 g/mol. The van der Waals surface area contributed by atoms with Crippen molar-refractivity contribution in [2.75, 3.05) is 26.3 Å². The van der Waals surface area contributed by atoms with E-state index >= 15 is 0 Å². The normalized spacial score (nSPS) is 15.0. The van der Waals surface area contributed by atoms with E-state index in [1.807, 2.05) is 18.2 Å². The number of halogens is 1. The Bertz CT molecular complexity index is 1180. The molecule has 0 unspecified atom stereocenters. The number of benzene rings is 2. The predicted molar refractivity (Wildman–Crippen MR) is 105 cm³/mol. The first-order valence-corrected chi connectivity index (χ1v) is 10.8. The van der Waals surface area contributed by atoms with Gasteiger partial charge in [0.25, 0.3) is 5.89 Å². The van der Waals surface area contributed by atoms with Crippen molar-refractivity contribution in [3.63, 3.8) is 0 Å². The molecule has 0 amide bonds. The highest BCUT2D eigenvalue weighted by atomic mass is 32.2. The van der Waals surface area contributed by atoms with Crippen LogP contribution in [0.25, 0.3) is 11.4 Å². The highest BCUT2D eigenvalue weighted by molar-refractivity contribution is 7.89. The van der Waals surface area contributed by atoms with Crippen LogP contribution in [0.3, 0.4) is 0 Å². The molecule has 0 saturated carbocycles. The molecule has 31 heavy (non-hydrogen) atoms. The van der Waals surface area contributed by atoms with E-state index in [2.05, 4.69) is 10.1 Å². The smallest absolute Gasteiger partial charge is 0.341 e. The Morgan fingerprint density at radius 3 is 2.61 bits per heavy atom. The van der Waals surface area contributed by atoms with Crippen molar-refractivity contribution in [2.45, 2.75) is 11.5 Å². The molecular weight excluding hydrogens is 429 g/mol. The zero-order valence-electron chi connectivity index (χ0n) is 16.2. The van der Waals surface area contributed by atoms with Crippen LogP contribution in [0.5, 0.6) is 0 Å². The summed E-state index contributed by atoms with van der Waals surface area (Å²) in [4.78, 5) is 16.3. The Morgan fingerprint density at radius 1 is 1.13 bits per heavy atom. The molecule has 0 radical (unpaired) electrons. The largest absolute Gasteiger partial charge is 0.452 e. The van der Waals surface area contributed by atoms with E-state index in [1.165, 1.54) is 4.31 Å². The lowest BCUT2D eigenvalue weighted by molar-refractivity contribution is 0.0424. The van der Waals surface area contributed by atoms with Crippen LogP contribution in [0.15, 0.2) is 57.9 Å². The number of carbonyl (C=O) groups excluding carboxylic acids is 1. The number of ether oxygens (including phenoxy) is 2. The number of morpholine rings is 1. The van der Waals surface area contributed by atoms with Gasteiger partial charge in [-0.1, -0.05) is 35.5 Å². The van der Waals surface area contributed by atoms with E-state index < -0.39 is 34.0 Å². The minimum absolute atomic E-state index is 0.0182. The molecule has 1 saturated heterocycles. The van der Waals surface area contributed by atoms with Gasteiger partial charge in [0.05, 0.1) is 23.7 Å². The maximum absolute atomic E-state index is 14.2. The van der Waals surface area contributed by atoms with E-state index in [4.69, 9.17) is 14.0 Å². The molecular formula is C20H18FN3O6S. The first-order chi connectivity index (χ1) is 14.9. The van der Waals surface area contributed by atoms with Gasteiger partial charge in [-0.3, -0.25) is 0 Å². The van der Waals surface area contributed by atoms with Gasteiger partial charge in [0, 0.05) is 18.7 Å². The van der Waals surface area contributed by atoms with Crippen LogP contribution in [0.2, 0.25) is 0 Å². The second-order valence-corrected chi connectivity index (χ2v) is 8.55. The Morgan fingerprint density at radius 2 is 1.87 bits per heavy atom. The minimum atomic E-state index is -3.89. The van der Waals surface area contributed by atoms with Gasteiger partial charge in [-0.25, -0.2) is 17.6 Å². The van der Waals surface area contributed by atoms with Crippen molar-refractivity contribution in [1.29, 1.82) is 0 Å². The molecule has 0 bridgehead atoms. The van der Waals surface area contributed by atoms with Crippen LogP contribution >= 0.6 is 0 Å². The van der Waals surface area contributed by atoms with E-state index in [1.54, 1.807) is 12.1 Å². The van der Waals surface area contributed by atoms with Gasteiger partial charge in [-0.15, -0.1) is 0 Å². The first-order valence-electron chi connectivity index (χ1n) is 9.38. The van der Waals surface area contributed by atoms with Gasteiger partial charge >= 0.3 is 5.97 Å². The molecule has 0 spiro atoms. The van der Waals surface area contributed by atoms with Gasteiger partial charge in [0.15, 0.2) is 6.61 Å². The lowest BCUT2D eigenvalue weighted by Gasteiger charge is -2.26. The molecule has 0 aliphatic carbocycles. The maximum Gasteiger partial charge on any atom is 0.341 e. The summed E-state index contributed by atoms with van der Waals surface area (Å²) >= 11 is 0. The summed E-state index contributed by atoms with van der Waals surface area (Å²) in [6.45, 7) is 0.508. The number of sulfonamides is 1. The van der Waals surface area contributed by atoms with E-state index in [0.717, 1.165) is 23.8 Å². The number of carbonyl (C=O) groups is 1. The number of hydrogen-bond donors (Lipinski definition) is 0. The number of hydrogen-bond acceptors (Lipinski definition) is 8. The highest BCUT2D eigenvalue weighted by Gasteiger charge is 2.28. The van der Waals surface area contributed by atoms with Crippen molar-refractivity contribution in [3.05, 3.63) is 65.8 Å². The molecule has 4 rings (SSSR count). The Kier molecular flexibility index (Phi) is 6.07. The number of nitrogens with zero attached hydrogens (tertiary/aromatic N) is 3. The fourth-order valence-electron chi connectivity index (χ4n) is 2.98. The maximum atomic E-state index is 14.2. The van der Waals surface area contributed by atoms with Gasteiger partial charge < -0.3 is 14.0 Å². The second kappa shape index (κ2) is 8.92. The topological polar surface area (TPSA) is 112 Å². The average Bonchev–Trinajstić information content (AvgIpc) is 3.28. The van der Waals surface area contributed by atoms with E-state index in [-0.39, 0.29) is 37.1 Å². The highest BCUT2D eigenvalue weighted by Crippen LogP contribution is 2.21. The third-order valence-electron chi connectivity index (χ3n) is 4.59. The molecule has 1 aliphatic rings.